The van der Waals surface area contributed by atoms with Crippen LogP contribution in [-0.4, -0.2) is 13.2 Å². The van der Waals surface area contributed by atoms with Gasteiger partial charge in [-0.05, 0) is 6.42 Å². The third-order valence-electron chi connectivity index (χ3n) is 1.02. The maximum absolute atomic E-state index is 5.24. The molecule has 1 heterocycles. The van der Waals surface area contributed by atoms with Gasteiger partial charge in [-0.3, -0.25) is 0 Å². The second-order valence-corrected chi connectivity index (χ2v) is 1.74. The van der Waals surface area contributed by atoms with Gasteiger partial charge in [0.15, 0.2) is 0 Å². The topological polar surface area (TPSA) is 48.9 Å². The van der Waals surface area contributed by atoms with Crippen molar-refractivity contribution in [1.29, 1.82) is 0 Å². The zero-order valence-corrected chi connectivity index (χ0v) is 7.71. The first-order valence-corrected chi connectivity index (χ1v) is 2.92. The molecule has 0 fully saturated rings. The lowest BCUT2D eigenvalue weighted by atomic mass is 10.4. The van der Waals surface area contributed by atoms with Crippen molar-refractivity contribution < 1.29 is 39.0 Å². The summed E-state index contributed by atoms with van der Waals surface area (Å²) >= 11 is 0. The Morgan fingerprint density at radius 1 is 1.30 bits per heavy atom. The molecule has 0 spiro atoms. The van der Waals surface area contributed by atoms with Crippen LogP contribution >= 0.6 is 0 Å². The zero-order chi connectivity index (χ0) is 6.53. The number of quaternary nitrogens is 1. The molecule has 1 aliphatic heterocycles. The summed E-state index contributed by atoms with van der Waals surface area (Å²) in [7, 11) is 0. The fourth-order valence-corrected chi connectivity index (χ4v) is 0.585. The fourth-order valence-electron chi connectivity index (χ4n) is 0.585. The smallest absolute Gasteiger partial charge is 0.131 e. The van der Waals surface area contributed by atoms with Gasteiger partial charge in [0.05, 0.1) is 0 Å². The molecule has 0 aromatic heterocycles. The molecule has 0 saturated heterocycles. The summed E-state index contributed by atoms with van der Waals surface area (Å²) in [5.74, 6) is 5.24. The van der Waals surface area contributed by atoms with Crippen LogP contribution in [0.2, 0.25) is 0 Å². The van der Waals surface area contributed by atoms with Gasteiger partial charge in [0.1, 0.15) is 13.2 Å². The minimum atomic E-state index is 0. The number of hydrogen-bond donors (Lipinski definition) is 2. The molecule has 0 saturated carbocycles. The molecule has 5 heteroatoms. The second kappa shape index (κ2) is 6.05. The SMILES string of the molecule is N[NH+]1OCC=CCCO1.[I-]. The zero-order valence-electron chi connectivity index (χ0n) is 5.55. The predicted molar refractivity (Wildman–Crippen MR) is 30.8 cm³/mol. The summed E-state index contributed by atoms with van der Waals surface area (Å²) < 4.78 is 0. The molecule has 0 radical (unpaired) electrons. The van der Waals surface area contributed by atoms with Crippen molar-refractivity contribution in [3.63, 3.8) is 0 Å². The van der Waals surface area contributed by atoms with Gasteiger partial charge in [0, 0.05) is 5.34 Å². The average molecular weight is 258 g/mol. The van der Waals surface area contributed by atoms with Crippen molar-refractivity contribution in [3.8, 4) is 0 Å². The maximum atomic E-state index is 5.24. The fraction of sp³-hybridized carbons (Fsp3) is 0.600. The molecule has 10 heavy (non-hydrogen) atoms. The van der Waals surface area contributed by atoms with Crippen molar-refractivity contribution in [3.05, 3.63) is 12.2 Å². The van der Waals surface area contributed by atoms with Crippen LogP contribution in [0.25, 0.3) is 0 Å². The number of nitrogens with one attached hydrogen (secondary N) is 1. The van der Waals surface area contributed by atoms with Gasteiger partial charge in [-0.25, -0.2) is 0 Å². The predicted octanol–water partition coefficient (Wildman–Crippen LogP) is -4.43. The molecule has 1 rings (SSSR count). The number of rotatable bonds is 0. The van der Waals surface area contributed by atoms with Gasteiger partial charge in [-0.2, -0.15) is 0 Å². The molecule has 0 bridgehead atoms. The second-order valence-electron chi connectivity index (χ2n) is 1.74. The minimum absolute atomic E-state index is 0. The summed E-state index contributed by atoms with van der Waals surface area (Å²) in [6.07, 6.45) is 4.84. The number of halogens is 1. The highest BCUT2D eigenvalue weighted by atomic mass is 127. The Morgan fingerprint density at radius 2 is 2.10 bits per heavy atom. The molecular weight excluding hydrogens is 247 g/mol. The lowest BCUT2D eigenvalue weighted by molar-refractivity contribution is -1.25. The third kappa shape index (κ3) is 4.18. The van der Waals surface area contributed by atoms with Crippen molar-refractivity contribution in [2.24, 2.45) is 5.84 Å². The Morgan fingerprint density at radius 3 is 2.90 bits per heavy atom. The van der Waals surface area contributed by atoms with Gasteiger partial charge in [0.25, 0.3) is 0 Å². The molecule has 0 aromatic carbocycles. The van der Waals surface area contributed by atoms with E-state index in [1.807, 2.05) is 12.2 Å². The van der Waals surface area contributed by atoms with E-state index in [0.29, 0.717) is 13.2 Å². The van der Waals surface area contributed by atoms with E-state index >= 15 is 0 Å². The van der Waals surface area contributed by atoms with Crippen molar-refractivity contribution in [2.45, 2.75) is 6.42 Å². The summed E-state index contributed by atoms with van der Waals surface area (Å²) in [6.45, 7) is 1.13. The molecule has 1 aliphatic rings. The number of hydrogen-bond acceptors (Lipinski definition) is 3. The molecular formula is C5H11IN2O2. The van der Waals surface area contributed by atoms with Crippen LogP contribution in [0.4, 0.5) is 0 Å². The Balaban J connectivity index is 0.000000810. The Kier molecular flexibility index (Phi) is 6.24. The van der Waals surface area contributed by atoms with E-state index in [1.165, 1.54) is 0 Å². The Hall–Kier alpha value is 0.310. The van der Waals surface area contributed by atoms with Crippen LogP contribution < -0.4 is 35.2 Å². The van der Waals surface area contributed by atoms with Crippen LogP contribution in [0, 0.1) is 0 Å². The summed E-state index contributed by atoms with van der Waals surface area (Å²) in [5.41, 5.74) is 0. The lowest BCUT2D eigenvalue weighted by Gasteiger charge is -2.09. The highest BCUT2D eigenvalue weighted by Gasteiger charge is 2.03. The molecule has 60 valence electrons. The Labute approximate surface area is 76.9 Å². The average Bonchev–Trinajstić information content (AvgIpc) is 1.79. The van der Waals surface area contributed by atoms with Crippen molar-refractivity contribution in [2.75, 3.05) is 13.2 Å². The van der Waals surface area contributed by atoms with E-state index in [9.17, 15) is 0 Å². The highest BCUT2D eigenvalue weighted by molar-refractivity contribution is 4.80. The minimum Gasteiger partial charge on any atom is -1.00 e. The van der Waals surface area contributed by atoms with Crippen LogP contribution in [0.15, 0.2) is 12.2 Å². The third-order valence-corrected chi connectivity index (χ3v) is 1.02. The summed E-state index contributed by atoms with van der Waals surface area (Å²) in [6, 6.07) is 0. The van der Waals surface area contributed by atoms with E-state index in [2.05, 4.69) is 0 Å². The monoisotopic (exact) mass is 258 g/mol. The van der Waals surface area contributed by atoms with E-state index in [-0.39, 0.29) is 29.3 Å². The van der Waals surface area contributed by atoms with Crippen LogP contribution in [-0.2, 0) is 9.68 Å². The van der Waals surface area contributed by atoms with Gasteiger partial charge < -0.3 is 24.0 Å². The van der Waals surface area contributed by atoms with Gasteiger partial charge >= 0.3 is 0 Å². The lowest BCUT2D eigenvalue weighted by Crippen LogP contribution is -3.16. The summed E-state index contributed by atoms with van der Waals surface area (Å²) in [5, 5.41) is 0.180. The Bertz CT molecular complexity index is 110. The largest absolute Gasteiger partial charge is 1.00 e. The molecule has 1 atom stereocenters. The van der Waals surface area contributed by atoms with E-state index in [0.717, 1.165) is 6.42 Å². The van der Waals surface area contributed by atoms with Crippen LogP contribution in [0.1, 0.15) is 6.42 Å². The molecule has 3 N–H and O–H groups in total. The maximum Gasteiger partial charge on any atom is 0.131 e. The normalized spacial score (nSPS) is 26.3. The molecule has 1 unspecified atom stereocenters. The highest BCUT2D eigenvalue weighted by Crippen LogP contribution is 1.83. The van der Waals surface area contributed by atoms with Crippen molar-refractivity contribution in [1.82, 2.24) is 0 Å². The van der Waals surface area contributed by atoms with Gasteiger partial charge in [0.2, 0.25) is 0 Å². The quantitative estimate of drug-likeness (QED) is 0.262. The van der Waals surface area contributed by atoms with E-state index < -0.39 is 0 Å². The first-order chi connectivity index (χ1) is 4.39. The number of nitrogens with two attached hydrogens (primary N) is 1. The first kappa shape index (κ1) is 10.3. The van der Waals surface area contributed by atoms with Crippen LogP contribution in [0.3, 0.4) is 0 Å². The van der Waals surface area contributed by atoms with E-state index in [1.54, 1.807) is 0 Å². The van der Waals surface area contributed by atoms with Crippen LogP contribution in [0.5, 0.6) is 0 Å². The van der Waals surface area contributed by atoms with Gasteiger partial charge in [-0.15, -0.1) is 15.5 Å². The molecule has 0 aliphatic carbocycles. The first-order valence-electron chi connectivity index (χ1n) is 2.92. The van der Waals surface area contributed by atoms with Crippen molar-refractivity contribution >= 4 is 0 Å². The standard InChI is InChI=1S/C5H10N2O2.HI/c6-7-8-4-2-1-3-5-9-7;/h1-2H,3-6H2;1H. The molecule has 0 aromatic rings. The molecule has 4 nitrogen and oxygen atoms in total. The summed E-state index contributed by atoms with van der Waals surface area (Å²) in [4.78, 5) is 9.77. The van der Waals surface area contributed by atoms with E-state index in [4.69, 9.17) is 15.5 Å². The van der Waals surface area contributed by atoms with Gasteiger partial charge in [-0.1, -0.05) is 12.2 Å². The molecule has 0 amide bonds.